The van der Waals surface area contributed by atoms with Crippen molar-refractivity contribution in [2.45, 2.75) is 31.8 Å². The average molecular weight is 158 g/mol. The summed E-state index contributed by atoms with van der Waals surface area (Å²) >= 11 is 0. The van der Waals surface area contributed by atoms with Crippen molar-refractivity contribution in [2.75, 3.05) is 6.54 Å². The van der Waals surface area contributed by atoms with Crippen LogP contribution in [-0.2, 0) is 0 Å². The van der Waals surface area contributed by atoms with E-state index in [0.29, 0.717) is 6.04 Å². The number of nitrogens with one attached hydrogen (secondary N) is 2. The van der Waals surface area contributed by atoms with Gasteiger partial charge in [-0.15, -0.1) is 0 Å². The van der Waals surface area contributed by atoms with Crippen LogP contribution >= 0.6 is 0 Å². The summed E-state index contributed by atoms with van der Waals surface area (Å²) in [5, 5.41) is 14.1. The highest BCUT2D eigenvalue weighted by molar-refractivity contribution is 5.64. The molecule has 1 rings (SSSR count). The van der Waals surface area contributed by atoms with E-state index in [2.05, 4.69) is 17.6 Å². The zero-order valence-electron chi connectivity index (χ0n) is 6.63. The first-order chi connectivity index (χ1) is 5.18. The fraction of sp³-hybridized carbons (Fsp3) is 0.857. The Morgan fingerprint density at radius 1 is 1.64 bits per heavy atom. The van der Waals surface area contributed by atoms with E-state index in [0.717, 1.165) is 19.4 Å². The minimum Gasteiger partial charge on any atom is -0.465 e. The van der Waals surface area contributed by atoms with Crippen LogP contribution in [0.25, 0.3) is 0 Å². The van der Waals surface area contributed by atoms with Crippen molar-refractivity contribution in [3.63, 3.8) is 0 Å². The topological polar surface area (TPSA) is 61.4 Å². The normalized spacial score (nSPS) is 31.4. The number of hydrogen-bond donors (Lipinski definition) is 3. The van der Waals surface area contributed by atoms with Gasteiger partial charge in [-0.25, -0.2) is 4.79 Å². The lowest BCUT2D eigenvalue weighted by molar-refractivity contribution is 0.185. The first kappa shape index (κ1) is 8.33. The van der Waals surface area contributed by atoms with E-state index in [4.69, 9.17) is 5.11 Å². The molecule has 1 aliphatic heterocycles. The van der Waals surface area contributed by atoms with Gasteiger partial charge in [0.1, 0.15) is 0 Å². The van der Waals surface area contributed by atoms with Gasteiger partial charge in [0.25, 0.3) is 0 Å². The first-order valence-corrected chi connectivity index (χ1v) is 3.91. The van der Waals surface area contributed by atoms with Crippen molar-refractivity contribution in [2.24, 2.45) is 0 Å². The Labute approximate surface area is 66.0 Å². The van der Waals surface area contributed by atoms with Crippen LogP contribution < -0.4 is 10.6 Å². The number of piperidine rings is 1. The molecule has 1 heterocycles. The second kappa shape index (κ2) is 3.57. The van der Waals surface area contributed by atoms with Gasteiger partial charge in [-0.2, -0.15) is 0 Å². The van der Waals surface area contributed by atoms with Crippen molar-refractivity contribution in [1.29, 1.82) is 0 Å². The molecule has 0 saturated carbocycles. The molecule has 0 aromatic carbocycles. The van der Waals surface area contributed by atoms with Gasteiger partial charge >= 0.3 is 6.09 Å². The van der Waals surface area contributed by atoms with Crippen LogP contribution in [0.4, 0.5) is 4.79 Å². The van der Waals surface area contributed by atoms with Crippen LogP contribution in [0.5, 0.6) is 0 Å². The maximum Gasteiger partial charge on any atom is 0.404 e. The summed E-state index contributed by atoms with van der Waals surface area (Å²) in [7, 11) is 0. The van der Waals surface area contributed by atoms with E-state index in [1.54, 1.807) is 0 Å². The zero-order valence-corrected chi connectivity index (χ0v) is 6.63. The predicted octanol–water partition coefficient (Wildman–Crippen LogP) is 0.394. The van der Waals surface area contributed by atoms with Crippen molar-refractivity contribution in [3.05, 3.63) is 0 Å². The number of hydrogen-bond acceptors (Lipinski definition) is 2. The minimum absolute atomic E-state index is 0.101. The van der Waals surface area contributed by atoms with Gasteiger partial charge in [0, 0.05) is 18.6 Å². The number of amides is 1. The number of carbonyl (C=O) groups is 1. The summed E-state index contributed by atoms with van der Waals surface area (Å²) in [5.74, 6) is 0. The molecule has 1 saturated heterocycles. The third-order valence-electron chi connectivity index (χ3n) is 1.99. The molecule has 0 unspecified atom stereocenters. The Kier molecular flexibility index (Phi) is 2.70. The van der Waals surface area contributed by atoms with Crippen molar-refractivity contribution in [1.82, 2.24) is 10.6 Å². The SMILES string of the molecule is C[C@@H]1CC[C@@H](NC(=O)O)CN1. The molecule has 3 N–H and O–H groups in total. The molecule has 11 heavy (non-hydrogen) atoms. The van der Waals surface area contributed by atoms with E-state index in [9.17, 15) is 4.79 Å². The fourth-order valence-corrected chi connectivity index (χ4v) is 1.30. The van der Waals surface area contributed by atoms with Gasteiger partial charge in [0.15, 0.2) is 0 Å². The Balaban J connectivity index is 2.22. The number of rotatable bonds is 1. The molecular formula is C7H14N2O2. The summed E-state index contributed by atoms with van der Waals surface area (Å²) in [4.78, 5) is 10.2. The van der Waals surface area contributed by atoms with E-state index < -0.39 is 6.09 Å². The van der Waals surface area contributed by atoms with Crippen molar-refractivity contribution in [3.8, 4) is 0 Å². The van der Waals surface area contributed by atoms with Gasteiger partial charge < -0.3 is 15.7 Å². The third kappa shape index (κ3) is 2.76. The molecule has 1 aliphatic rings. The lowest BCUT2D eigenvalue weighted by Gasteiger charge is -2.27. The van der Waals surface area contributed by atoms with Crippen molar-refractivity contribution < 1.29 is 9.90 Å². The van der Waals surface area contributed by atoms with Crippen LogP contribution in [0, 0.1) is 0 Å². The molecule has 0 spiro atoms. The van der Waals surface area contributed by atoms with E-state index >= 15 is 0 Å². The third-order valence-corrected chi connectivity index (χ3v) is 1.99. The molecule has 0 radical (unpaired) electrons. The molecule has 1 fully saturated rings. The highest BCUT2D eigenvalue weighted by atomic mass is 16.4. The number of carboxylic acid groups (broad SMARTS) is 1. The summed E-state index contributed by atoms with van der Waals surface area (Å²) in [6.45, 7) is 2.87. The zero-order chi connectivity index (χ0) is 8.27. The minimum atomic E-state index is -0.925. The van der Waals surface area contributed by atoms with Crippen LogP contribution in [0.15, 0.2) is 0 Å². The fourth-order valence-electron chi connectivity index (χ4n) is 1.30. The van der Waals surface area contributed by atoms with Crippen LogP contribution in [0.1, 0.15) is 19.8 Å². The molecule has 0 aromatic heterocycles. The van der Waals surface area contributed by atoms with Crippen LogP contribution in [-0.4, -0.2) is 29.8 Å². The maximum absolute atomic E-state index is 10.2. The second-order valence-corrected chi connectivity index (χ2v) is 3.03. The Morgan fingerprint density at radius 2 is 2.36 bits per heavy atom. The molecule has 0 aromatic rings. The van der Waals surface area contributed by atoms with Crippen molar-refractivity contribution >= 4 is 6.09 Å². The van der Waals surface area contributed by atoms with E-state index in [1.165, 1.54) is 0 Å². The van der Waals surface area contributed by atoms with E-state index in [1.807, 2.05) is 0 Å². The van der Waals surface area contributed by atoms with Gasteiger partial charge in [0.05, 0.1) is 0 Å². The predicted molar refractivity (Wildman–Crippen MR) is 41.6 cm³/mol. The first-order valence-electron chi connectivity index (χ1n) is 3.91. The Hall–Kier alpha value is -0.770. The molecule has 0 aliphatic carbocycles. The summed E-state index contributed by atoms with van der Waals surface area (Å²) in [5.41, 5.74) is 0. The Morgan fingerprint density at radius 3 is 2.82 bits per heavy atom. The molecule has 4 heteroatoms. The lowest BCUT2D eigenvalue weighted by atomic mass is 10.0. The van der Waals surface area contributed by atoms with Gasteiger partial charge in [-0.05, 0) is 19.8 Å². The summed E-state index contributed by atoms with van der Waals surface area (Å²) < 4.78 is 0. The lowest BCUT2D eigenvalue weighted by Crippen LogP contribution is -2.48. The largest absolute Gasteiger partial charge is 0.465 e. The summed E-state index contributed by atoms with van der Waals surface area (Å²) in [6, 6.07) is 0.630. The molecule has 4 nitrogen and oxygen atoms in total. The smallest absolute Gasteiger partial charge is 0.404 e. The molecular weight excluding hydrogens is 144 g/mol. The van der Waals surface area contributed by atoms with Crippen LogP contribution in [0.3, 0.4) is 0 Å². The summed E-state index contributed by atoms with van der Waals surface area (Å²) in [6.07, 6.45) is 1.07. The highest BCUT2D eigenvalue weighted by Gasteiger charge is 2.18. The average Bonchev–Trinajstić information content (AvgIpc) is 1.93. The van der Waals surface area contributed by atoms with Gasteiger partial charge in [0.2, 0.25) is 0 Å². The van der Waals surface area contributed by atoms with Gasteiger partial charge in [-0.1, -0.05) is 0 Å². The van der Waals surface area contributed by atoms with Crippen LogP contribution in [0.2, 0.25) is 0 Å². The van der Waals surface area contributed by atoms with Gasteiger partial charge in [-0.3, -0.25) is 0 Å². The quantitative estimate of drug-likeness (QED) is 0.517. The molecule has 0 bridgehead atoms. The highest BCUT2D eigenvalue weighted by Crippen LogP contribution is 2.06. The second-order valence-electron chi connectivity index (χ2n) is 3.03. The standard InChI is InChI=1S/C7H14N2O2/c1-5-2-3-6(4-8-5)9-7(10)11/h5-6,8-9H,2-4H2,1H3,(H,10,11)/t5-,6-/m1/s1. The molecule has 64 valence electrons. The maximum atomic E-state index is 10.2. The van der Waals surface area contributed by atoms with E-state index in [-0.39, 0.29) is 6.04 Å². The monoisotopic (exact) mass is 158 g/mol. The Bertz CT molecular complexity index is 141. The molecule has 2 atom stereocenters. The molecule has 1 amide bonds.